The summed E-state index contributed by atoms with van der Waals surface area (Å²) in [6.07, 6.45) is 2.77. The van der Waals surface area contributed by atoms with Gasteiger partial charge in [-0.05, 0) is 48.4 Å². The van der Waals surface area contributed by atoms with Crippen molar-refractivity contribution in [2.75, 3.05) is 13.2 Å². The van der Waals surface area contributed by atoms with E-state index in [9.17, 15) is 9.59 Å². The Morgan fingerprint density at radius 1 is 1.17 bits per heavy atom. The van der Waals surface area contributed by atoms with Crippen molar-refractivity contribution in [1.29, 1.82) is 5.26 Å². The van der Waals surface area contributed by atoms with Crippen LogP contribution in [0, 0.1) is 11.3 Å². The fourth-order valence-electron chi connectivity index (χ4n) is 2.29. The van der Waals surface area contributed by atoms with E-state index in [0.29, 0.717) is 15.8 Å². The maximum absolute atomic E-state index is 12.0. The van der Waals surface area contributed by atoms with E-state index in [1.165, 1.54) is 6.08 Å². The molecule has 0 aliphatic heterocycles. The number of carbonyl (C=O) groups is 2. The third-order valence-corrected chi connectivity index (χ3v) is 4.50. The predicted octanol–water partition coefficient (Wildman–Crippen LogP) is 4.33. The summed E-state index contributed by atoms with van der Waals surface area (Å²) in [5.74, 6) is -0.532. The van der Waals surface area contributed by atoms with Crippen molar-refractivity contribution < 1.29 is 19.1 Å². The summed E-state index contributed by atoms with van der Waals surface area (Å²) in [5.41, 5.74) is 1.52. The number of nitrogens with one attached hydrogen (secondary N) is 1. The number of esters is 1. The summed E-state index contributed by atoms with van der Waals surface area (Å²) in [6.45, 7) is 1.34. The van der Waals surface area contributed by atoms with Crippen molar-refractivity contribution in [1.82, 2.24) is 5.32 Å². The second kappa shape index (κ2) is 11.1. The summed E-state index contributed by atoms with van der Waals surface area (Å²) in [6, 6.07) is 13.4. The van der Waals surface area contributed by atoms with Crippen LogP contribution in [0.1, 0.15) is 24.1 Å². The van der Waals surface area contributed by atoms with Crippen LogP contribution >= 0.6 is 23.2 Å². The lowest BCUT2D eigenvalue weighted by atomic mass is 10.1. The summed E-state index contributed by atoms with van der Waals surface area (Å²) in [7, 11) is 0. The highest BCUT2D eigenvalue weighted by Crippen LogP contribution is 2.25. The molecule has 1 unspecified atom stereocenters. The lowest BCUT2D eigenvalue weighted by Crippen LogP contribution is -2.30. The molecule has 0 heterocycles. The van der Waals surface area contributed by atoms with E-state index in [1.807, 2.05) is 6.07 Å². The molecule has 2 aromatic rings. The van der Waals surface area contributed by atoms with E-state index in [-0.39, 0.29) is 12.6 Å². The number of hydrogen-bond donors (Lipinski definition) is 1. The molecule has 2 aromatic carbocycles. The van der Waals surface area contributed by atoms with E-state index in [2.05, 4.69) is 5.32 Å². The predicted molar refractivity (Wildman–Crippen MR) is 111 cm³/mol. The Bertz CT molecular complexity index is 937. The number of carbonyl (C=O) groups excluding carboxylic acids is 2. The number of halogens is 2. The molecule has 0 aliphatic rings. The molecule has 1 atom stereocenters. The van der Waals surface area contributed by atoms with Gasteiger partial charge in [-0.2, -0.15) is 5.26 Å². The van der Waals surface area contributed by atoms with E-state index in [1.54, 1.807) is 55.5 Å². The molecule has 150 valence electrons. The molecule has 0 spiro atoms. The maximum Gasteiger partial charge on any atom is 0.331 e. The van der Waals surface area contributed by atoms with Crippen LogP contribution in [-0.2, 0) is 14.3 Å². The van der Waals surface area contributed by atoms with Gasteiger partial charge in [-0.15, -0.1) is 0 Å². The molecule has 6 nitrogen and oxygen atoms in total. The third-order valence-electron chi connectivity index (χ3n) is 3.76. The second-order valence-electron chi connectivity index (χ2n) is 5.92. The van der Waals surface area contributed by atoms with Crippen molar-refractivity contribution in [3.63, 3.8) is 0 Å². The highest BCUT2D eigenvalue weighted by atomic mass is 35.5. The molecule has 0 aliphatic carbocycles. The number of nitriles is 1. The Hall–Kier alpha value is -3.01. The van der Waals surface area contributed by atoms with Gasteiger partial charge in [0.2, 0.25) is 0 Å². The number of benzene rings is 2. The molecule has 0 fully saturated rings. The minimum Gasteiger partial charge on any atom is -0.479 e. The quantitative estimate of drug-likeness (QED) is 0.495. The summed E-state index contributed by atoms with van der Waals surface area (Å²) >= 11 is 11.8. The van der Waals surface area contributed by atoms with Gasteiger partial charge in [0.05, 0.1) is 16.1 Å². The van der Waals surface area contributed by atoms with E-state index in [4.69, 9.17) is 37.9 Å². The first-order chi connectivity index (χ1) is 13.9. The number of hydrogen-bond acceptors (Lipinski definition) is 5. The zero-order chi connectivity index (χ0) is 21.2. The van der Waals surface area contributed by atoms with Gasteiger partial charge >= 0.3 is 5.97 Å². The first-order valence-electron chi connectivity index (χ1n) is 8.58. The average Bonchev–Trinajstić information content (AvgIpc) is 2.71. The molecule has 29 heavy (non-hydrogen) atoms. The van der Waals surface area contributed by atoms with Crippen LogP contribution < -0.4 is 10.1 Å². The highest BCUT2D eigenvalue weighted by molar-refractivity contribution is 6.42. The zero-order valence-electron chi connectivity index (χ0n) is 15.5. The highest BCUT2D eigenvalue weighted by Gasteiger charge is 2.12. The number of ether oxygens (including phenoxy) is 2. The molecule has 0 aromatic heterocycles. The fourth-order valence-corrected chi connectivity index (χ4v) is 2.59. The molecule has 2 rings (SSSR count). The Labute approximate surface area is 178 Å². The first-order valence-corrected chi connectivity index (χ1v) is 9.33. The van der Waals surface area contributed by atoms with Crippen molar-refractivity contribution in [2.45, 2.75) is 13.0 Å². The molecular formula is C21H18Cl2N2O4. The lowest BCUT2D eigenvalue weighted by Gasteiger charge is -2.14. The standard InChI is InChI=1S/C21H18Cl2N2O4/c1-14(16-5-8-18(22)19(23)12-16)25-20(26)13-29-21(27)9-4-15-2-6-17(7-3-15)28-11-10-24/h2-9,12,14H,11,13H2,1H3,(H,25,26)/b9-4+. The fraction of sp³-hybridized carbons (Fsp3) is 0.190. The van der Waals surface area contributed by atoms with Gasteiger partial charge in [-0.1, -0.05) is 41.4 Å². The smallest absolute Gasteiger partial charge is 0.331 e. The topological polar surface area (TPSA) is 88.4 Å². The summed E-state index contributed by atoms with van der Waals surface area (Å²) in [5, 5.41) is 12.0. The van der Waals surface area contributed by atoms with Crippen LogP contribution in [0.2, 0.25) is 10.0 Å². The Balaban J connectivity index is 1.79. The van der Waals surface area contributed by atoms with Gasteiger partial charge in [0.1, 0.15) is 11.8 Å². The van der Waals surface area contributed by atoms with Crippen molar-refractivity contribution in [2.24, 2.45) is 0 Å². The zero-order valence-corrected chi connectivity index (χ0v) is 17.0. The van der Waals surface area contributed by atoms with Crippen LogP contribution in [0.25, 0.3) is 6.08 Å². The van der Waals surface area contributed by atoms with E-state index in [0.717, 1.165) is 11.1 Å². The van der Waals surface area contributed by atoms with Gasteiger partial charge < -0.3 is 14.8 Å². The van der Waals surface area contributed by atoms with Gasteiger partial charge in [0, 0.05) is 6.08 Å². The van der Waals surface area contributed by atoms with Crippen LogP contribution in [-0.4, -0.2) is 25.1 Å². The molecule has 8 heteroatoms. The van der Waals surface area contributed by atoms with Gasteiger partial charge in [0.15, 0.2) is 13.2 Å². The van der Waals surface area contributed by atoms with Gasteiger partial charge in [0.25, 0.3) is 5.91 Å². The Morgan fingerprint density at radius 2 is 1.90 bits per heavy atom. The average molecular weight is 433 g/mol. The summed E-state index contributed by atoms with van der Waals surface area (Å²) in [4.78, 5) is 23.8. The normalized spacial score (nSPS) is 11.5. The Kier molecular flexibility index (Phi) is 8.53. The molecule has 1 amide bonds. The number of amides is 1. The first kappa shape index (κ1) is 22.3. The molecule has 0 saturated heterocycles. The lowest BCUT2D eigenvalue weighted by molar-refractivity contribution is -0.144. The van der Waals surface area contributed by atoms with Gasteiger partial charge in [-0.25, -0.2) is 4.79 Å². The van der Waals surface area contributed by atoms with Crippen molar-refractivity contribution in [3.05, 3.63) is 69.7 Å². The molecular weight excluding hydrogens is 415 g/mol. The molecule has 0 bridgehead atoms. The van der Waals surface area contributed by atoms with Crippen LogP contribution in [0.3, 0.4) is 0 Å². The molecule has 0 saturated carbocycles. The summed E-state index contributed by atoms with van der Waals surface area (Å²) < 4.78 is 10.1. The SMILES string of the molecule is CC(NC(=O)COC(=O)/C=C/c1ccc(OCC#N)cc1)c1ccc(Cl)c(Cl)c1. The number of rotatable bonds is 8. The molecule has 0 radical (unpaired) electrons. The monoisotopic (exact) mass is 432 g/mol. The van der Waals surface area contributed by atoms with E-state index < -0.39 is 18.5 Å². The van der Waals surface area contributed by atoms with Crippen LogP contribution in [0.4, 0.5) is 0 Å². The van der Waals surface area contributed by atoms with Crippen molar-refractivity contribution >= 4 is 41.2 Å². The second-order valence-corrected chi connectivity index (χ2v) is 6.73. The van der Waals surface area contributed by atoms with Crippen LogP contribution in [0.15, 0.2) is 48.5 Å². The largest absolute Gasteiger partial charge is 0.479 e. The van der Waals surface area contributed by atoms with Gasteiger partial charge in [-0.3, -0.25) is 4.79 Å². The Morgan fingerprint density at radius 3 is 2.55 bits per heavy atom. The maximum atomic E-state index is 12.0. The third kappa shape index (κ3) is 7.49. The van der Waals surface area contributed by atoms with E-state index >= 15 is 0 Å². The van der Waals surface area contributed by atoms with Crippen LogP contribution in [0.5, 0.6) is 5.75 Å². The number of nitrogens with zero attached hydrogens (tertiary/aromatic N) is 1. The van der Waals surface area contributed by atoms with Crippen molar-refractivity contribution in [3.8, 4) is 11.8 Å². The minimum absolute atomic E-state index is 0.0345. The molecule has 1 N–H and O–H groups in total. The minimum atomic E-state index is -0.646.